The summed E-state index contributed by atoms with van der Waals surface area (Å²) in [7, 11) is 0. The molecule has 2 aliphatic heterocycles. The van der Waals surface area contributed by atoms with Crippen LogP contribution in [0.2, 0.25) is 5.02 Å². The number of aromatic nitrogens is 1. The Labute approximate surface area is 274 Å². The third kappa shape index (κ3) is 8.02. The first-order valence-corrected chi connectivity index (χ1v) is 16.5. The number of allylic oxidation sites excluding steroid dienone is 2. The van der Waals surface area contributed by atoms with Gasteiger partial charge in [-0.2, -0.15) is 10.8 Å². The van der Waals surface area contributed by atoms with E-state index in [9.17, 15) is 10.1 Å². The van der Waals surface area contributed by atoms with Gasteiger partial charge in [0.25, 0.3) is 0 Å². The fourth-order valence-corrected chi connectivity index (χ4v) is 7.09. The van der Waals surface area contributed by atoms with Crippen molar-refractivity contribution >= 4 is 52.5 Å². The Balaban J connectivity index is 1.35. The van der Waals surface area contributed by atoms with Crippen LogP contribution in [0.4, 0.5) is 0 Å². The lowest BCUT2D eigenvalue weighted by Gasteiger charge is -2.34. The number of esters is 1. The summed E-state index contributed by atoms with van der Waals surface area (Å²) in [6, 6.07) is 17.4. The molecule has 11 nitrogen and oxygen atoms in total. The molecule has 2 aromatic carbocycles. The highest BCUT2D eigenvalue weighted by Crippen LogP contribution is 2.39. The van der Waals surface area contributed by atoms with E-state index in [1.54, 1.807) is 35.2 Å². The molecule has 0 saturated carbocycles. The summed E-state index contributed by atoms with van der Waals surface area (Å²) in [4.78, 5) is 18.6. The molecule has 2 aliphatic rings. The molecule has 0 aliphatic carbocycles. The van der Waals surface area contributed by atoms with E-state index in [0.29, 0.717) is 27.7 Å². The molecule has 0 radical (unpaired) electrons. The molecule has 5 rings (SSSR count). The zero-order chi connectivity index (χ0) is 31.6. The van der Waals surface area contributed by atoms with Gasteiger partial charge >= 0.3 is 5.97 Å². The van der Waals surface area contributed by atoms with Crippen molar-refractivity contribution < 1.29 is 14.3 Å². The van der Waals surface area contributed by atoms with Crippen LogP contribution >= 0.6 is 34.7 Å². The molecule has 0 spiro atoms. The van der Waals surface area contributed by atoms with Gasteiger partial charge in [-0.25, -0.2) is 4.98 Å². The predicted molar refractivity (Wildman–Crippen MR) is 176 cm³/mol. The molecule has 45 heavy (non-hydrogen) atoms. The molecular formula is C31H31ClN8O3S2. The zero-order valence-corrected chi connectivity index (χ0v) is 26.6. The minimum absolute atomic E-state index is 0.0502. The van der Waals surface area contributed by atoms with Crippen molar-refractivity contribution in [2.24, 2.45) is 5.22 Å². The maximum Gasteiger partial charge on any atom is 0.327 e. The maximum absolute atomic E-state index is 11.5. The fraction of sp³-hybridized carbons (Fsp3) is 0.290. The number of ether oxygens (including phenoxy) is 2. The second-order valence-electron chi connectivity index (χ2n) is 10.0. The Morgan fingerprint density at radius 2 is 1.93 bits per heavy atom. The lowest BCUT2D eigenvalue weighted by molar-refractivity contribution is -0.143. The Hall–Kier alpha value is -4.38. The molecule has 1 fully saturated rings. The molecule has 1 aromatic heterocycles. The molecule has 3 heterocycles. The van der Waals surface area contributed by atoms with Gasteiger partial charge in [-0.1, -0.05) is 41.1 Å². The average molecular weight is 663 g/mol. The van der Waals surface area contributed by atoms with Crippen LogP contribution in [0.1, 0.15) is 24.1 Å². The van der Waals surface area contributed by atoms with Crippen LogP contribution < -0.4 is 15.5 Å². The lowest BCUT2D eigenvalue weighted by Crippen LogP contribution is -2.40. The first kappa shape index (κ1) is 32.0. The maximum atomic E-state index is 11.5. The quantitative estimate of drug-likeness (QED) is 0.0532. The summed E-state index contributed by atoms with van der Waals surface area (Å²) in [6.07, 6.45) is 3.47. The standard InChI is InChI=1S/C31H31ClN8O3S2/c32-22-7-3-21(4-8-22)30-37-23(18-44-30)19-45-31-26(16-34)28(25(15-33)29(38-31)40-11-1-2-12-40)20-5-9-24(10-6-20)42-13-14-43-27(41)17-36-39-35/h3-10,15,18,31,33,38H,1-2,11-14,17,19H2,(H2,35,36). The second kappa shape index (κ2) is 15.6. The van der Waals surface area contributed by atoms with Crippen molar-refractivity contribution in [3.63, 3.8) is 0 Å². The summed E-state index contributed by atoms with van der Waals surface area (Å²) >= 11 is 9.22. The summed E-state index contributed by atoms with van der Waals surface area (Å²) in [5.74, 6) is 1.51. The van der Waals surface area contributed by atoms with E-state index in [1.165, 1.54) is 6.21 Å². The number of hydrogen-bond donors (Lipinski definition) is 4. The average Bonchev–Trinajstić information content (AvgIpc) is 3.78. The van der Waals surface area contributed by atoms with Crippen molar-refractivity contribution in [3.05, 3.63) is 87.2 Å². The van der Waals surface area contributed by atoms with Crippen LogP contribution in [-0.2, 0) is 15.3 Å². The lowest BCUT2D eigenvalue weighted by atomic mass is 9.90. The Bertz CT molecular complexity index is 1630. The third-order valence-electron chi connectivity index (χ3n) is 7.11. The number of thiazole rings is 1. The highest BCUT2D eigenvalue weighted by Gasteiger charge is 2.33. The van der Waals surface area contributed by atoms with Crippen molar-refractivity contribution in [2.45, 2.75) is 24.0 Å². The third-order valence-corrected chi connectivity index (χ3v) is 9.45. The summed E-state index contributed by atoms with van der Waals surface area (Å²) in [5.41, 5.74) is 13.6. The molecule has 1 saturated heterocycles. The van der Waals surface area contributed by atoms with Gasteiger partial charge in [-0.15, -0.1) is 23.1 Å². The van der Waals surface area contributed by atoms with Gasteiger partial charge in [-0.05, 0) is 42.7 Å². The first-order valence-electron chi connectivity index (χ1n) is 14.2. The van der Waals surface area contributed by atoms with E-state index in [4.69, 9.17) is 37.0 Å². The van der Waals surface area contributed by atoms with E-state index in [2.05, 4.69) is 26.9 Å². The van der Waals surface area contributed by atoms with Crippen molar-refractivity contribution in [3.8, 4) is 22.4 Å². The first-order chi connectivity index (χ1) is 22.0. The number of thioether (sulfide) groups is 1. The van der Waals surface area contributed by atoms with E-state index in [0.717, 1.165) is 59.2 Å². The van der Waals surface area contributed by atoms with Crippen LogP contribution in [-0.4, -0.2) is 60.3 Å². The van der Waals surface area contributed by atoms with Crippen LogP contribution in [0.5, 0.6) is 5.75 Å². The molecule has 0 bridgehead atoms. The molecule has 0 amide bonds. The minimum Gasteiger partial charge on any atom is -0.490 e. The number of benzene rings is 2. The molecular weight excluding hydrogens is 632 g/mol. The Kier molecular flexibility index (Phi) is 11.1. The number of nitrogens with one attached hydrogen (secondary N) is 4. The number of likely N-dealkylation sites (tertiary alicyclic amines) is 1. The number of rotatable bonds is 14. The molecule has 1 atom stereocenters. The second-order valence-corrected chi connectivity index (χ2v) is 12.4. The molecule has 232 valence electrons. The SMILES string of the molecule is N#CC1=C(c2ccc(OCCOC(=O)CNN=N)cc2)C(C=N)=C(N2CCCC2)NC1SCc1csc(-c2ccc(Cl)cc2)n1. The van der Waals surface area contributed by atoms with E-state index >= 15 is 0 Å². The highest BCUT2D eigenvalue weighted by molar-refractivity contribution is 7.99. The summed E-state index contributed by atoms with van der Waals surface area (Å²) in [5, 5.41) is 28.6. The molecule has 1 unspecified atom stereocenters. The summed E-state index contributed by atoms with van der Waals surface area (Å²) < 4.78 is 10.8. The topological polar surface area (TPSA) is 160 Å². The van der Waals surface area contributed by atoms with Crippen molar-refractivity contribution in [1.29, 1.82) is 16.2 Å². The van der Waals surface area contributed by atoms with Gasteiger partial charge in [0.05, 0.1) is 17.3 Å². The fourth-order valence-electron chi connectivity index (χ4n) is 5.02. The molecule has 3 aromatic rings. The van der Waals surface area contributed by atoms with Gasteiger partial charge in [-0.3, -0.25) is 10.2 Å². The van der Waals surface area contributed by atoms with Crippen molar-refractivity contribution in [1.82, 2.24) is 20.6 Å². The Morgan fingerprint density at radius 3 is 2.62 bits per heavy atom. The van der Waals surface area contributed by atoms with E-state index in [-0.39, 0.29) is 25.1 Å². The van der Waals surface area contributed by atoms with Gasteiger partial charge in [0.2, 0.25) is 0 Å². The monoisotopic (exact) mass is 662 g/mol. The van der Waals surface area contributed by atoms with Crippen molar-refractivity contribution in [2.75, 3.05) is 32.8 Å². The molecule has 4 N–H and O–H groups in total. The van der Waals surface area contributed by atoms with Gasteiger partial charge in [0.15, 0.2) is 0 Å². The number of halogens is 1. The Morgan fingerprint density at radius 1 is 1.20 bits per heavy atom. The highest BCUT2D eigenvalue weighted by atomic mass is 35.5. The van der Waals surface area contributed by atoms with E-state index in [1.807, 2.05) is 41.8 Å². The van der Waals surface area contributed by atoms with Crippen LogP contribution in [0, 0.1) is 22.3 Å². The smallest absolute Gasteiger partial charge is 0.327 e. The van der Waals surface area contributed by atoms with Crippen LogP contribution in [0.15, 0.2) is 76.1 Å². The van der Waals surface area contributed by atoms with E-state index < -0.39 is 5.97 Å². The van der Waals surface area contributed by atoms with Gasteiger partial charge < -0.3 is 25.1 Å². The number of nitrogens with zero attached hydrogens (tertiary/aromatic N) is 4. The predicted octanol–water partition coefficient (Wildman–Crippen LogP) is 6.02. The number of carbonyl (C=O) groups is 1. The largest absolute Gasteiger partial charge is 0.490 e. The zero-order valence-electron chi connectivity index (χ0n) is 24.2. The molecule has 14 heteroatoms. The number of hydrogen-bond acceptors (Lipinski definition) is 12. The minimum atomic E-state index is -0.532. The van der Waals surface area contributed by atoms with Gasteiger partial charge in [0.1, 0.15) is 41.7 Å². The number of dihydropyridines is 1. The summed E-state index contributed by atoms with van der Waals surface area (Å²) in [6.45, 7) is 1.79. The van der Waals surface area contributed by atoms with Gasteiger partial charge in [0, 0.05) is 52.2 Å². The van der Waals surface area contributed by atoms with Crippen LogP contribution in [0.25, 0.3) is 16.1 Å². The normalized spacial score (nSPS) is 16.2. The number of carbonyl (C=O) groups excluding carboxylic acids is 1. The number of nitriles is 1. The van der Waals surface area contributed by atoms with Crippen LogP contribution in [0.3, 0.4) is 0 Å².